The highest BCUT2D eigenvalue weighted by Crippen LogP contribution is 2.27. The van der Waals surface area contributed by atoms with E-state index in [4.69, 9.17) is 10.5 Å². The number of nitro groups is 1. The Hall–Kier alpha value is -2.71. The zero-order chi connectivity index (χ0) is 15.6. The molecule has 0 atom stereocenters. The first kappa shape index (κ1) is 14.7. The summed E-state index contributed by atoms with van der Waals surface area (Å²) in [5.74, 6) is 0.636. The van der Waals surface area contributed by atoms with Gasteiger partial charge in [-0.1, -0.05) is 13.8 Å². The lowest BCUT2D eigenvalue weighted by atomic mass is 10.2. The van der Waals surface area contributed by atoms with Crippen LogP contribution in [0, 0.1) is 10.1 Å². The van der Waals surface area contributed by atoms with Crippen molar-refractivity contribution in [1.82, 2.24) is 19.7 Å². The highest BCUT2D eigenvalue weighted by molar-refractivity contribution is 5.46. The maximum absolute atomic E-state index is 11.3. The van der Waals surface area contributed by atoms with E-state index in [-0.39, 0.29) is 17.5 Å². The number of nitrogen functional groups attached to an aromatic ring is 1. The number of hydrogen-bond donors (Lipinski definition) is 1. The quantitative estimate of drug-likeness (QED) is 0.650. The van der Waals surface area contributed by atoms with Gasteiger partial charge >= 0.3 is 5.69 Å². The molecule has 9 heteroatoms. The van der Waals surface area contributed by atoms with Gasteiger partial charge in [0.15, 0.2) is 5.82 Å². The summed E-state index contributed by atoms with van der Waals surface area (Å²) >= 11 is 0. The van der Waals surface area contributed by atoms with Crippen molar-refractivity contribution in [3.05, 3.63) is 27.6 Å². The number of ether oxygens (including phenoxy) is 1. The molecule has 2 aromatic rings. The first-order valence-electron chi connectivity index (χ1n) is 6.45. The van der Waals surface area contributed by atoms with Gasteiger partial charge in [0.2, 0.25) is 11.8 Å². The van der Waals surface area contributed by atoms with Gasteiger partial charge < -0.3 is 10.5 Å². The molecule has 2 N–H and O–H groups in total. The Kier molecular flexibility index (Phi) is 4.01. The van der Waals surface area contributed by atoms with Crippen molar-refractivity contribution in [2.45, 2.75) is 26.7 Å². The number of rotatable bonds is 5. The van der Waals surface area contributed by atoms with E-state index in [1.165, 1.54) is 17.9 Å². The number of methoxy groups -OCH3 is 1. The van der Waals surface area contributed by atoms with Crippen molar-refractivity contribution in [2.75, 3.05) is 12.8 Å². The predicted molar refractivity (Wildman–Crippen MR) is 75.5 cm³/mol. The second-order valence-corrected chi connectivity index (χ2v) is 4.24. The maximum Gasteiger partial charge on any atom is 0.313 e. The third kappa shape index (κ3) is 2.62. The molecule has 0 spiro atoms. The molecule has 0 saturated heterocycles. The van der Waals surface area contributed by atoms with E-state index in [9.17, 15) is 10.1 Å². The molecule has 0 aromatic carbocycles. The zero-order valence-electron chi connectivity index (χ0n) is 12.0. The van der Waals surface area contributed by atoms with Gasteiger partial charge in [0.05, 0.1) is 12.0 Å². The molecule has 0 aliphatic rings. The minimum absolute atomic E-state index is 0.0163. The van der Waals surface area contributed by atoms with Crippen LogP contribution in [0.1, 0.15) is 25.2 Å². The van der Waals surface area contributed by atoms with Crippen LogP contribution < -0.4 is 10.5 Å². The van der Waals surface area contributed by atoms with Gasteiger partial charge in [-0.2, -0.15) is 15.1 Å². The molecule has 2 rings (SSSR count). The summed E-state index contributed by atoms with van der Waals surface area (Å²) in [4.78, 5) is 18.8. The van der Waals surface area contributed by atoms with Gasteiger partial charge in [0.1, 0.15) is 11.4 Å². The fraction of sp³-hybridized carbons (Fsp3) is 0.417. The summed E-state index contributed by atoms with van der Waals surface area (Å²) in [5, 5.41) is 15.5. The summed E-state index contributed by atoms with van der Waals surface area (Å²) in [6, 6.07) is 1.53. The minimum atomic E-state index is -0.414. The number of aryl methyl sites for hydroxylation is 1. The lowest BCUT2D eigenvalue weighted by Crippen LogP contribution is -2.08. The molecule has 0 aliphatic carbocycles. The van der Waals surface area contributed by atoms with Crippen molar-refractivity contribution in [1.29, 1.82) is 0 Å². The Balaban J connectivity index is 2.69. The number of anilines is 1. The van der Waals surface area contributed by atoms with Crippen molar-refractivity contribution >= 4 is 11.6 Å². The molecule has 0 radical (unpaired) electrons. The van der Waals surface area contributed by atoms with Crippen LogP contribution in [0.15, 0.2) is 6.07 Å². The monoisotopic (exact) mass is 292 g/mol. The standard InChI is InChI=1S/C12H16N6O3/c1-4-7-11(18(19)20)8(5-2)17(16-7)9-6-10(21-3)15-12(13)14-9/h6H,4-5H2,1-3H3,(H2,13,14,15). The fourth-order valence-corrected chi connectivity index (χ4v) is 2.09. The molecule has 2 aromatic heterocycles. The summed E-state index contributed by atoms with van der Waals surface area (Å²) in [7, 11) is 1.45. The first-order valence-corrected chi connectivity index (χ1v) is 6.45. The lowest BCUT2D eigenvalue weighted by Gasteiger charge is -2.06. The third-order valence-electron chi connectivity index (χ3n) is 3.01. The van der Waals surface area contributed by atoms with Crippen molar-refractivity contribution in [3.63, 3.8) is 0 Å². The maximum atomic E-state index is 11.3. The van der Waals surface area contributed by atoms with E-state index in [0.717, 1.165) is 0 Å². The van der Waals surface area contributed by atoms with Gasteiger partial charge in [0.25, 0.3) is 0 Å². The smallest absolute Gasteiger partial charge is 0.313 e. The van der Waals surface area contributed by atoms with Crippen LogP contribution in [0.25, 0.3) is 5.82 Å². The van der Waals surface area contributed by atoms with Gasteiger partial charge in [-0.05, 0) is 12.8 Å². The zero-order valence-corrected chi connectivity index (χ0v) is 12.0. The van der Waals surface area contributed by atoms with Crippen LogP contribution in [0.4, 0.5) is 11.6 Å². The van der Waals surface area contributed by atoms with Gasteiger partial charge in [-0.15, -0.1) is 0 Å². The van der Waals surface area contributed by atoms with Crippen molar-refractivity contribution in [2.24, 2.45) is 0 Å². The Bertz CT molecular complexity index is 682. The van der Waals surface area contributed by atoms with Gasteiger partial charge in [-0.3, -0.25) is 10.1 Å². The molecule has 0 aliphatic heterocycles. The first-order chi connectivity index (χ1) is 10.0. The molecular formula is C12H16N6O3. The molecule has 2 heterocycles. The summed E-state index contributed by atoms with van der Waals surface area (Å²) < 4.78 is 6.46. The Labute approximate surface area is 120 Å². The highest BCUT2D eigenvalue weighted by Gasteiger charge is 2.26. The third-order valence-corrected chi connectivity index (χ3v) is 3.01. The Morgan fingerprint density at radius 3 is 2.62 bits per heavy atom. The van der Waals surface area contributed by atoms with Gasteiger partial charge in [0, 0.05) is 6.07 Å². The summed E-state index contributed by atoms with van der Waals surface area (Å²) in [6.45, 7) is 3.63. The molecule has 0 fully saturated rings. The van der Waals surface area contributed by atoms with Crippen molar-refractivity contribution < 1.29 is 9.66 Å². The Morgan fingerprint density at radius 2 is 2.10 bits per heavy atom. The Morgan fingerprint density at radius 1 is 1.38 bits per heavy atom. The molecule has 0 saturated carbocycles. The fourth-order valence-electron chi connectivity index (χ4n) is 2.09. The molecule has 112 valence electrons. The lowest BCUT2D eigenvalue weighted by molar-refractivity contribution is -0.386. The molecule has 0 unspecified atom stereocenters. The summed E-state index contributed by atoms with van der Waals surface area (Å²) in [5.41, 5.74) is 6.53. The van der Waals surface area contributed by atoms with Crippen molar-refractivity contribution in [3.8, 4) is 11.7 Å². The van der Waals surface area contributed by atoms with Crippen LogP contribution in [0.3, 0.4) is 0 Å². The van der Waals surface area contributed by atoms with Crippen LogP contribution in [-0.2, 0) is 12.8 Å². The van der Waals surface area contributed by atoms with E-state index in [1.54, 1.807) is 0 Å². The molecule has 21 heavy (non-hydrogen) atoms. The topological polar surface area (TPSA) is 122 Å². The van der Waals surface area contributed by atoms with Gasteiger partial charge in [-0.25, -0.2) is 4.68 Å². The average Bonchev–Trinajstić information content (AvgIpc) is 2.85. The molecule has 0 amide bonds. The highest BCUT2D eigenvalue weighted by atomic mass is 16.6. The normalized spacial score (nSPS) is 10.6. The molecule has 0 bridgehead atoms. The minimum Gasteiger partial charge on any atom is -0.481 e. The number of aromatic nitrogens is 4. The predicted octanol–water partition coefficient (Wildman–Crippen LogP) is 1.29. The molecular weight excluding hydrogens is 276 g/mol. The second-order valence-electron chi connectivity index (χ2n) is 4.24. The summed E-state index contributed by atoms with van der Waals surface area (Å²) in [6.07, 6.45) is 0.892. The number of nitrogens with zero attached hydrogens (tertiary/aromatic N) is 5. The van der Waals surface area contributed by atoms with E-state index >= 15 is 0 Å². The van der Waals surface area contributed by atoms with Crippen LogP contribution in [0.2, 0.25) is 0 Å². The van der Waals surface area contributed by atoms with Crippen LogP contribution in [0.5, 0.6) is 5.88 Å². The number of nitrogens with two attached hydrogens (primary N) is 1. The second kappa shape index (κ2) is 5.73. The van der Waals surface area contributed by atoms with E-state index in [1.807, 2.05) is 13.8 Å². The van der Waals surface area contributed by atoms with E-state index in [2.05, 4.69) is 15.1 Å². The molecule has 9 nitrogen and oxygen atoms in total. The van der Waals surface area contributed by atoms with Crippen LogP contribution >= 0.6 is 0 Å². The van der Waals surface area contributed by atoms with E-state index < -0.39 is 4.92 Å². The SMILES string of the molecule is CCc1nn(-c2cc(OC)nc(N)n2)c(CC)c1[N+](=O)[O-]. The van der Waals surface area contributed by atoms with E-state index in [0.29, 0.717) is 30.0 Å². The average molecular weight is 292 g/mol. The number of hydrogen-bond acceptors (Lipinski definition) is 7. The van der Waals surface area contributed by atoms with Crippen LogP contribution in [-0.4, -0.2) is 31.8 Å². The largest absolute Gasteiger partial charge is 0.481 e.